The largest absolute Gasteiger partial charge is 0.253 e. The van der Waals surface area contributed by atoms with Crippen LogP contribution in [-0.2, 0) is 0 Å². The van der Waals surface area contributed by atoms with Crippen molar-refractivity contribution in [2.75, 3.05) is 11.2 Å². The summed E-state index contributed by atoms with van der Waals surface area (Å²) in [6, 6.07) is 18.6. The summed E-state index contributed by atoms with van der Waals surface area (Å²) in [5.74, 6) is 1.84. The maximum Gasteiger partial charge on any atom is 0.203 e. The van der Waals surface area contributed by atoms with Crippen molar-refractivity contribution in [1.82, 2.24) is 4.98 Å². The second kappa shape index (κ2) is 8.83. The Morgan fingerprint density at radius 2 is 1.88 bits per heavy atom. The van der Waals surface area contributed by atoms with Crippen LogP contribution < -0.4 is 5.43 Å². The zero-order valence-electron chi connectivity index (χ0n) is 14.3. The Hall–Kier alpha value is -2.11. The van der Waals surface area contributed by atoms with Gasteiger partial charge in [-0.05, 0) is 23.6 Å². The Balaban J connectivity index is 1.55. The molecule has 0 spiro atoms. The molecule has 1 aromatic heterocycles. The number of thiazole rings is 1. The number of hydrogen-bond donors (Lipinski definition) is 1. The van der Waals surface area contributed by atoms with Gasteiger partial charge >= 0.3 is 0 Å². The van der Waals surface area contributed by atoms with Crippen molar-refractivity contribution in [3.8, 4) is 11.3 Å². The van der Waals surface area contributed by atoms with Gasteiger partial charge in [-0.3, -0.25) is 5.43 Å². The first-order chi connectivity index (χ1) is 12.2. The summed E-state index contributed by atoms with van der Waals surface area (Å²) < 4.78 is 0. The predicted molar refractivity (Wildman–Crippen MR) is 111 cm³/mol. The predicted octanol–water partition coefficient (Wildman–Crippen LogP) is 6.00. The first kappa shape index (κ1) is 17.7. The van der Waals surface area contributed by atoms with Gasteiger partial charge in [0.2, 0.25) is 5.13 Å². The number of nitrogens with one attached hydrogen (secondary N) is 1. The maximum absolute atomic E-state index is 4.56. The van der Waals surface area contributed by atoms with E-state index < -0.39 is 0 Å². The third kappa shape index (κ3) is 5.44. The van der Waals surface area contributed by atoms with E-state index in [-0.39, 0.29) is 0 Å². The number of hydrogen-bond acceptors (Lipinski definition) is 5. The fraction of sp³-hybridized carbons (Fsp3) is 0.200. The summed E-state index contributed by atoms with van der Waals surface area (Å²) in [6.07, 6.45) is 1.82. The van der Waals surface area contributed by atoms with Crippen molar-refractivity contribution in [3.05, 3.63) is 65.5 Å². The summed E-state index contributed by atoms with van der Waals surface area (Å²) in [5, 5.41) is 7.12. The second-order valence-corrected chi connectivity index (χ2v) is 8.00. The van der Waals surface area contributed by atoms with Crippen LogP contribution in [0.4, 0.5) is 5.13 Å². The molecule has 5 heteroatoms. The number of aromatic nitrogens is 1. The molecule has 1 N–H and O–H groups in total. The zero-order valence-corrected chi connectivity index (χ0v) is 16.0. The molecule has 25 heavy (non-hydrogen) atoms. The molecule has 0 aliphatic carbocycles. The Bertz CT molecular complexity index is 808. The molecule has 1 heterocycles. The summed E-state index contributed by atoms with van der Waals surface area (Å²) in [6.45, 7) is 4.48. The molecule has 3 rings (SSSR count). The van der Waals surface area contributed by atoms with Gasteiger partial charge in [-0.15, -0.1) is 23.1 Å². The third-order valence-electron chi connectivity index (χ3n) is 3.41. The van der Waals surface area contributed by atoms with E-state index in [1.54, 1.807) is 11.3 Å². The maximum atomic E-state index is 4.56. The van der Waals surface area contributed by atoms with Gasteiger partial charge in [0.25, 0.3) is 0 Å². The molecule has 128 valence electrons. The van der Waals surface area contributed by atoms with Gasteiger partial charge in [-0.1, -0.05) is 56.3 Å². The molecule has 0 radical (unpaired) electrons. The van der Waals surface area contributed by atoms with E-state index in [4.69, 9.17) is 0 Å². The average Bonchev–Trinajstić information content (AvgIpc) is 3.11. The highest BCUT2D eigenvalue weighted by Crippen LogP contribution is 2.24. The van der Waals surface area contributed by atoms with Crippen molar-refractivity contribution in [3.63, 3.8) is 0 Å². The summed E-state index contributed by atoms with van der Waals surface area (Å²) >= 11 is 3.44. The van der Waals surface area contributed by atoms with Gasteiger partial charge in [0.05, 0.1) is 11.9 Å². The number of thioether (sulfide) groups is 1. The van der Waals surface area contributed by atoms with Crippen LogP contribution in [-0.4, -0.2) is 17.0 Å². The lowest BCUT2D eigenvalue weighted by atomic mass is 10.2. The van der Waals surface area contributed by atoms with Gasteiger partial charge in [-0.2, -0.15) is 5.10 Å². The minimum Gasteiger partial charge on any atom is -0.253 e. The lowest BCUT2D eigenvalue weighted by Crippen LogP contribution is -1.91. The van der Waals surface area contributed by atoms with Gasteiger partial charge < -0.3 is 0 Å². The summed E-state index contributed by atoms with van der Waals surface area (Å²) in [7, 11) is 0. The number of benzene rings is 2. The van der Waals surface area contributed by atoms with Gasteiger partial charge in [-0.25, -0.2) is 4.98 Å². The van der Waals surface area contributed by atoms with Crippen LogP contribution in [0.15, 0.2) is 70.0 Å². The molecule has 0 saturated carbocycles. The lowest BCUT2D eigenvalue weighted by molar-refractivity contribution is 0.750. The minimum absolute atomic E-state index is 0.703. The van der Waals surface area contributed by atoms with Crippen molar-refractivity contribution in [2.24, 2.45) is 11.0 Å². The second-order valence-electron chi connectivity index (χ2n) is 6.05. The van der Waals surface area contributed by atoms with Crippen LogP contribution in [0.2, 0.25) is 0 Å². The van der Waals surface area contributed by atoms with Crippen molar-refractivity contribution in [1.29, 1.82) is 0 Å². The Morgan fingerprint density at radius 1 is 1.12 bits per heavy atom. The van der Waals surface area contributed by atoms with E-state index in [1.165, 1.54) is 4.90 Å². The number of rotatable bonds is 7. The van der Waals surface area contributed by atoms with Gasteiger partial charge in [0.1, 0.15) is 0 Å². The van der Waals surface area contributed by atoms with Crippen molar-refractivity contribution in [2.45, 2.75) is 18.7 Å². The van der Waals surface area contributed by atoms with Crippen LogP contribution >= 0.6 is 23.1 Å². The third-order valence-corrected chi connectivity index (χ3v) is 5.60. The van der Waals surface area contributed by atoms with E-state index in [2.05, 4.69) is 65.8 Å². The highest BCUT2D eigenvalue weighted by Gasteiger charge is 2.03. The molecule has 0 bridgehead atoms. The molecule has 0 saturated heterocycles. The van der Waals surface area contributed by atoms with Crippen LogP contribution in [0.3, 0.4) is 0 Å². The topological polar surface area (TPSA) is 37.3 Å². The standard InChI is InChI=1S/C20H21N3S2/c1-15(2)13-24-18-10-8-16(9-11-18)12-21-23-20-22-19(14-25-20)17-6-4-3-5-7-17/h3-12,14-15H,13H2,1-2H3,(H,22,23). The molecule has 0 atom stereocenters. The molecule has 3 nitrogen and oxygen atoms in total. The monoisotopic (exact) mass is 367 g/mol. The molecule has 0 aliphatic heterocycles. The number of anilines is 1. The number of nitrogens with zero attached hydrogens (tertiary/aromatic N) is 2. The van der Waals surface area contributed by atoms with E-state index in [9.17, 15) is 0 Å². The number of hydrazone groups is 1. The molecule has 0 fully saturated rings. The zero-order chi connectivity index (χ0) is 17.5. The SMILES string of the molecule is CC(C)CSc1ccc(C=NNc2nc(-c3ccccc3)cs2)cc1. The summed E-state index contributed by atoms with van der Waals surface area (Å²) in [5.41, 5.74) is 6.16. The lowest BCUT2D eigenvalue weighted by Gasteiger charge is -2.04. The minimum atomic E-state index is 0.703. The van der Waals surface area contributed by atoms with Gasteiger partial charge in [0, 0.05) is 21.6 Å². The Labute approximate surface area is 157 Å². The molecule has 0 aliphatic rings. The van der Waals surface area contributed by atoms with E-state index in [0.717, 1.165) is 27.7 Å². The molecular weight excluding hydrogens is 346 g/mol. The van der Waals surface area contributed by atoms with Crippen LogP contribution in [0, 0.1) is 5.92 Å². The van der Waals surface area contributed by atoms with E-state index in [0.29, 0.717) is 5.92 Å². The van der Waals surface area contributed by atoms with Crippen molar-refractivity contribution >= 4 is 34.4 Å². The highest BCUT2D eigenvalue weighted by molar-refractivity contribution is 7.99. The molecule has 0 unspecified atom stereocenters. The van der Waals surface area contributed by atoms with Crippen molar-refractivity contribution < 1.29 is 0 Å². The Kier molecular flexibility index (Phi) is 6.25. The normalized spacial score (nSPS) is 11.3. The molecule has 3 aromatic rings. The summed E-state index contributed by atoms with van der Waals surface area (Å²) in [4.78, 5) is 5.85. The van der Waals surface area contributed by atoms with Crippen LogP contribution in [0.5, 0.6) is 0 Å². The fourth-order valence-corrected chi connectivity index (χ4v) is 3.66. The smallest absolute Gasteiger partial charge is 0.203 e. The first-order valence-electron chi connectivity index (χ1n) is 8.23. The van der Waals surface area contributed by atoms with E-state index >= 15 is 0 Å². The average molecular weight is 368 g/mol. The van der Waals surface area contributed by atoms with Crippen LogP contribution in [0.25, 0.3) is 11.3 Å². The van der Waals surface area contributed by atoms with Gasteiger partial charge in [0.15, 0.2) is 0 Å². The molecule has 0 amide bonds. The molecular formula is C20H21N3S2. The highest BCUT2D eigenvalue weighted by atomic mass is 32.2. The quantitative estimate of drug-likeness (QED) is 0.316. The first-order valence-corrected chi connectivity index (χ1v) is 10.1. The molecule has 2 aromatic carbocycles. The van der Waals surface area contributed by atoms with E-state index in [1.807, 2.05) is 41.6 Å². The Morgan fingerprint density at radius 3 is 2.60 bits per heavy atom. The van der Waals surface area contributed by atoms with Crippen LogP contribution in [0.1, 0.15) is 19.4 Å². The fourth-order valence-electron chi connectivity index (χ4n) is 2.14.